The molecule has 0 saturated heterocycles. The number of fused-ring (bicyclic) bond motifs is 3. The topological polar surface area (TPSA) is 13.1 Å². The highest BCUT2D eigenvalue weighted by Gasteiger charge is 2.24. The van der Waals surface area contributed by atoms with E-state index in [4.69, 9.17) is 19.5 Å². The second-order valence-electron chi connectivity index (χ2n) is 10.7. The van der Waals surface area contributed by atoms with Gasteiger partial charge >= 0.3 is 0 Å². The molecule has 0 unspecified atom stereocenters. The van der Waals surface area contributed by atoms with Crippen LogP contribution in [0.1, 0.15) is 23.3 Å². The Hall–Kier alpha value is -6.18. The van der Waals surface area contributed by atoms with Gasteiger partial charge < -0.3 is 4.42 Å². The normalized spacial score (nSPS) is 16.5. The van der Waals surface area contributed by atoms with Crippen LogP contribution in [0.3, 0.4) is 0 Å². The minimum absolute atomic E-state index is 0.00207. The molecule has 220 valence electrons. The maximum atomic E-state index is 9.65. The molecule has 1 heteroatoms. The zero-order chi connectivity index (χ0) is 46.0. The van der Waals surface area contributed by atoms with Crippen LogP contribution in [0.5, 0.6) is 0 Å². The maximum absolute atomic E-state index is 9.65. The van der Waals surface area contributed by atoms with Crippen LogP contribution in [0.15, 0.2) is 186 Å². The number of hydrogen-bond donors (Lipinski definition) is 0. The quantitative estimate of drug-likeness (QED) is 0.176. The lowest BCUT2D eigenvalue weighted by atomic mass is 9.84. The third-order valence-corrected chi connectivity index (χ3v) is 8.08. The van der Waals surface area contributed by atoms with Crippen molar-refractivity contribution >= 4 is 32.5 Å². The molecule has 1 nitrogen and oxygen atoms in total. The van der Waals surface area contributed by atoms with Crippen molar-refractivity contribution in [1.29, 1.82) is 0 Å². The minimum Gasteiger partial charge on any atom is -0.455 e. The van der Waals surface area contributed by atoms with Crippen molar-refractivity contribution in [3.63, 3.8) is 0 Å². The van der Waals surface area contributed by atoms with E-state index >= 15 is 0 Å². The molecule has 1 aromatic heterocycles. The summed E-state index contributed by atoms with van der Waals surface area (Å²) in [6, 6.07) is 11.0. The lowest BCUT2D eigenvalue weighted by molar-refractivity contribution is 0.632. The van der Waals surface area contributed by atoms with Crippen LogP contribution in [0.2, 0.25) is 0 Å². The fourth-order valence-corrected chi connectivity index (χ4v) is 6.05. The Morgan fingerprint density at radius 3 is 1.57 bits per heavy atom. The van der Waals surface area contributed by atoms with E-state index in [0.717, 1.165) is 0 Å². The Balaban J connectivity index is 1.61. The van der Waals surface area contributed by atoms with Crippen LogP contribution in [0, 0.1) is 0 Å². The number of hydrogen-bond acceptors (Lipinski definition) is 1. The average molecular weight is 616 g/mol. The molecule has 0 fully saturated rings. The number of rotatable bonds is 5. The first kappa shape index (κ1) is 14.9. The second-order valence-corrected chi connectivity index (χ2v) is 10.7. The average Bonchev–Trinajstić information content (AvgIpc) is 3.66. The van der Waals surface area contributed by atoms with E-state index in [2.05, 4.69) is 0 Å². The largest absolute Gasteiger partial charge is 0.455 e. The first-order valence-electron chi connectivity index (χ1n) is 23.2. The Bertz CT molecular complexity index is 3400. The zero-order valence-corrected chi connectivity index (χ0v) is 24.4. The fourth-order valence-electron chi connectivity index (χ4n) is 6.05. The lowest BCUT2D eigenvalue weighted by Crippen LogP contribution is -1.91. The molecule has 1 heterocycles. The maximum Gasteiger partial charge on any atom is 0.143 e. The van der Waals surface area contributed by atoms with Crippen LogP contribution in [-0.2, 0) is 0 Å². The van der Waals surface area contributed by atoms with E-state index in [0.29, 0.717) is 11.1 Å². The summed E-state index contributed by atoms with van der Waals surface area (Å²) in [5.74, 6) is -0.330. The summed E-state index contributed by atoms with van der Waals surface area (Å²) < 4.78 is 160. The highest BCUT2D eigenvalue weighted by molar-refractivity contribution is 6.25. The van der Waals surface area contributed by atoms with Crippen molar-refractivity contribution in [1.82, 2.24) is 0 Å². The van der Waals surface area contributed by atoms with Crippen LogP contribution in [0.25, 0.3) is 88.3 Å². The Morgan fingerprint density at radius 2 is 0.915 bits per heavy atom. The van der Waals surface area contributed by atoms with Gasteiger partial charge in [-0.05, 0) is 73.1 Å². The standard InChI is InChI=1S/C46H30O/c1-4-15-31(16-5-1)34-21-14-22-36(29-34)46-45(41-30-35(27-28-42(41)47-46)32-17-6-2-7-18-32)44-39-25-12-10-23-37(39)43(33-19-8-3-9-20-33)38-24-11-13-26-40(38)44/h1-30H/i2D,6D,7D,10D,11D,12D,13D,14D,17D,18D,21D,22D,23D,24D,25D,26D,29D. The molecule has 0 spiro atoms. The molecule has 0 N–H and O–H groups in total. The number of benzene rings is 8. The van der Waals surface area contributed by atoms with Gasteiger partial charge in [0.15, 0.2) is 0 Å². The monoisotopic (exact) mass is 615 g/mol. The van der Waals surface area contributed by atoms with Gasteiger partial charge in [-0.25, -0.2) is 0 Å². The summed E-state index contributed by atoms with van der Waals surface area (Å²) in [5, 5.41) is -0.655. The minimum atomic E-state index is -0.687. The van der Waals surface area contributed by atoms with Gasteiger partial charge in [0.05, 0.1) is 23.3 Å². The van der Waals surface area contributed by atoms with Crippen molar-refractivity contribution in [2.24, 2.45) is 0 Å². The van der Waals surface area contributed by atoms with Gasteiger partial charge in [0, 0.05) is 22.1 Å². The Labute approximate surface area is 297 Å². The van der Waals surface area contributed by atoms with Crippen LogP contribution in [0.4, 0.5) is 0 Å². The predicted octanol–water partition coefficient (Wildman–Crippen LogP) is 13.1. The van der Waals surface area contributed by atoms with Gasteiger partial charge in [-0.2, -0.15) is 0 Å². The molecule has 0 aliphatic rings. The van der Waals surface area contributed by atoms with Crippen molar-refractivity contribution in [2.75, 3.05) is 0 Å². The summed E-state index contributed by atoms with van der Waals surface area (Å²) in [5.41, 5.74) is -0.0722. The van der Waals surface area contributed by atoms with E-state index < -0.39 is 103 Å². The predicted molar refractivity (Wildman–Crippen MR) is 198 cm³/mol. The van der Waals surface area contributed by atoms with Gasteiger partial charge in [0.2, 0.25) is 0 Å². The summed E-state index contributed by atoms with van der Waals surface area (Å²) >= 11 is 0. The molecule has 0 amide bonds. The summed E-state index contributed by atoms with van der Waals surface area (Å²) in [6.07, 6.45) is 0. The smallest absolute Gasteiger partial charge is 0.143 e. The Kier molecular flexibility index (Phi) is 3.60. The van der Waals surface area contributed by atoms with E-state index in [-0.39, 0.29) is 77.2 Å². The van der Waals surface area contributed by atoms with Gasteiger partial charge in [-0.3, -0.25) is 0 Å². The van der Waals surface area contributed by atoms with Gasteiger partial charge in [0.1, 0.15) is 11.3 Å². The number of furan rings is 1. The van der Waals surface area contributed by atoms with Gasteiger partial charge in [-0.1, -0.05) is 163 Å². The molecule has 0 atom stereocenters. The van der Waals surface area contributed by atoms with Crippen LogP contribution < -0.4 is 0 Å². The van der Waals surface area contributed by atoms with E-state index in [9.17, 15) is 8.22 Å². The Morgan fingerprint density at radius 1 is 0.362 bits per heavy atom. The molecule has 8 aromatic carbocycles. The molecule has 9 rings (SSSR count). The third-order valence-electron chi connectivity index (χ3n) is 8.08. The van der Waals surface area contributed by atoms with Crippen molar-refractivity contribution in [2.45, 2.75) is 0 Å². The highest BCUT2D eigenvalue weighted by atomic mass is 16.3. The molecule has 0 aliphatic heterocycles. The molecule has 9 aromatic rings. The van der Waals surface area contributed by atoms with Gasteiger partial charge in [0.25, 0.3) is 0 Å². The van der Waals surface area contributed by atoms with Crippen molar-refractivity contribution < 1.29 is 27.7 Å². The van der Waals surface area contributed by atoms with E-state index in [1.54, 1.807) is 60.7 Å². The molecule has 0 saturated carbocycles. The zero-order valence-electron chi connectivity index (χ0n) is 41.4. The summed E-state index contributed by atoms with van der Waals surface area (Å²) in [6.45, 7) is 0. The first-order chi connectivity index (χ1) is 30.4. The van der Waals surface area contributed by atoms with Crippen molar-refractivity contribution in [3.05, 3.63) is 182 Å². The molecule has 0 radical (unpaired) electrons. The fraction of sp³-hybridized carbons (Fsp3) is 0. The lowest BCUT2D eigenvalue weighted by Gasteiger charge is -2.18. The van der Waals surface area contributed by atoms with Crippen LogP contribution in [-0.4, -0.2) is 0 Å². The molecular weight excluding hydrogens is 569 g/mol. The van der Waals surface area contributed by atoms with Crippen molar-refractivity contribution in [3.8, 4) is 55.8 Å². The van der Waals surface area contributed by atoms with Crippen LogP contribution >= 0.6 is 0 Å². The first-order valence-corrected chi connectivity index (χ1v) is 14.7. The molecule has 47 heavy (non-hydrogen) atoms. The molecular formula is C46H30O. The third kappa shape index (κ3) is 4.64. The van der Waals surface area contributed by atoms with E-state index in [1.807, 2.05) is 0 Å². The van der Waals surface area contributed by atoms with E-state index in [1.165, 1.54) is 18.2 Å². The summed E-state index contributed by atoms with van der Waals surface area (Å²) in [7, 11) is 0. The molecule has 0 bridgehead atoms. The highest BCUT2D eigenvalue weighted by Crippen LogP contribution is 2.50. The SMILES string of the molecule is [2H]c1c([2H])c([2H])c(-c2ccc3oc(-c4c([2H])c([2H])c([2H])c(-c5ccccc5)c4[2H])c(-c4c5c([2H])c([2H])c([2H])c([2H])c5c(-c5ccccc5)c5c([2H])c([2H])c([2H])c([2H])c45)c3c2)c([2H])c1[2H]. The summed E-state index contributed by atoms with van der Waals surface area (Å²) in [4.78, 5) is 0. The molecule has 0 aliphatic carbocycles. The van der Waals surface area contributed by atoms with Gasteiger partial charge in [-0.15, -0.1) is 0 Å². The second kappa shape index (κ2) is 11.3.